The van der Waals surface area contributed by atoms with Crippen LogP contribution < -0.4 is 5.32 Å². The molecule has 7 nitrogen and oxygen atoms in total. The van der Waals surface area contributed by atoms with Crippen LogP contribution in [-0.4, -0.2) is 64.7 Å². The second-order valence-electron chi connectivity index (χ2n) is 7.37. The number of nitrogens with zero attached hydrogens (tertiary/aromatic N) is 4. The molecule has 1 unspecified atom stereocenters. The first-order chi connectivity index (χ1) is 11.9. The van der Waals surface area contributed by atoms with Gasteiger partial charge in [0.25, 0.3) is 0 Å². The lowest BCUT2D eigenvalue weighted by Gasteiger charge is -2.39. The van der Waals surface area contributed by atoms with E-state index in [2.05, 4.69) is 27.1 Å². The van der Waals surface area contributed by atoms with E-state index in [4.69, 9.17) is 4.74 Å². The van der Waals surface area contributed by atoms with Gasteiger partial charge >= 0.3 is 6.09 Å². The van der Waals surface area contributed by atoms with Crippen LogP contribution in [0.5, 0.6) is 0 Å². The number of thiazole rings is 1. The number of carbonyl (C=O) groups excluding carboxylic acids is 1. The predicted octanol–water partition coefficient (Wildman–Crippen LogP) is 2.70. The van der Waals surface area contributed by atoms with Crippen molar-refractivity contribution in [2.24, 2.45) is 4.99 Å². The molecule has 1 aromatic rings. The largest absolute Gasteiger partial charge is 0.444 e. The quantitative estimate of drug-likeness (QED) is 0.656. The molecule has 146 valence electrons. The molecule has 0 aliphatic carbocycles. The van der Waals surface area contributed by atoms with E-state index in [1.807, 2.05) is 27.0 Å². The van der Waals surface area contributed by atoms with E-state index in [1.54, 1.807) is 16.2 Å². The molecule has 3 rings (SSSR count). The number of carbonyl (C=O) groups is 1. The summed E-state index contributed by atoms with van der Waals surface area (Å²) in [5.74, 6) is 0.919. The SMILES string of the molecule is CCc1cnc(CNC2=NCC3CN(C(=O)OC(C)(C)C)CCN23)s1.I. The number of aliphatic imine (C=N–C) groups is 1. The average Bonchev–Trinajstić information content (AvgIpc) is 3.17. The Morgan fingerprint density at radius 1 is 1.42 bits per heavy atom. The van der Waals surface area contributed by atoms with Crippen LogP contribution in [0, 0.1) is 0 Å². The topological polar surface area (TPSA) is 70.1 Å². The molecule has 2 aliphatic rings. The molecule has 1 atom stereocenters. The summed E-state index contributed by atoms with van der Waals surface area (Å²) in [6.07, 6.45) is 2.73. The summed E-state index contributed by atoms with van der Waals surface area (Å²) in [5.41, 5.74) is -0.460. The van der Waals surface area contributed by atoms with Crippen molar-refractivity contribution in [1.29, 1.82) is 0 Å². The van der Waals surface area contributed by atoms with Crippen LogP contribution in [0.4, 0.5) is 4.79 Å². The van der Waals surface area contributed by atoms with Crippen molar-refractivity contribution in [3.63, 3.8) is 0 Å². The number of aryl methyl sites for hydroxylation is 1. The van der Waals surface area contributed by atoms with Crippen LogP contribution in [0.2, 0.25) is 0 Å². The molecule has 1 fully saturated rings. The lowest BCUT2D eigenvalue weighted by atomic mass is 10.2. The maximum Gasteiger partial charge on any atom is 0.410 e. The summed E-state index contributed by atoms with van der Waals surface area (Å²) in [6.45, 7) is 11.3. The van der Waals surface area contributed by atoms with Crippen LogP contribution in [0.1, 0.15) is 37.6 Å². The Morgan fingerprint density at radius 3 is 2.85 bits per heavy atom. The van der Waals surface area contributed by atoms with E-state index in [0.717, 1.165) is 23.9 Å². The van der Waals surface area contributed by atoms with Crippen molar-refractivity contribution in [3.8, 4) is 0 Å². The van der Waals surface area contributed by atoms with Gasteiger partial charge in [0.1, 0.15) is 10.6 Å². The van der Waals surface area contributed by atoms with Gasteiger partial charge in [-0.3, -0.25) is 4.99 Å². The van der Waals surface area contributed by atoms with Gasteiger partial charge < -0.3 is 19.9 Å². The molecule has 0 radical (unpaired) electrons. The van der Waals surface area contributed by atoms with E-state index >= 15 is 0 Å². The first kappa shape index (κ1) is 21.2. The second-order valence-corrected chi connectivity index (χ2v) is 8.57. The summed E-state index contributed by atoms with van der Waals surface area (Å²) >= 11 is 1.74. The molecule has 26 heavy (non-hydrogen) atoms. The minimum Gasteiger partial charge on any atom is -0.444 e. The maximum atomic E-state index is 12.3. The van der Waals surface area contributed by atoms with Gasteiger partial charge in [0, 0.05) is 30.7 Å². The normalized spacial score (nSPS) is 19.5. The molecular weight excluding hydrogens is 465 g/mol. The van der Waals surface area contributed by atoms with E-state index in [9.17, 15) is 4.79 Å². The van der Waals surface area contributed by atoms with Crippen LogP contribution in [0.15, 0.2) is 11.2 Å². The van der Waals surface area contributed by atoms with Gasteiger partial charge in [0.05, 0.1) is 19.1 Å². The summed E-state index contributed by atoms with van der Waals surface area (Å²) in [4.78, 5) is 26.7. The van der Waals surface area contributed by atoms with E-state index in [-0.39, 0.29) is 36.1 Å². The third-order valence-electron chi connectivity index (χ3n) is 4.21. The summed E-state index contributed by atoms with van der Waals surface area (Å²) in [6, 6.07) is 0.228. The number of aromatic nitrogens is 1. The monoisotopic (exact) mass is 493 g/mol. The third-order valence-corrected chi connectivity index (χ3v) is 5.35. The van der Waals surface area contributed by atoms with Gasteiger partial charge in [-0.05, 0) is 27.2 Å². The Balaban J connectivity index is 0.00000243. The Hall–Kier alpha value is -1.10. The number of fused-ring (bicyclic) bond motifs is 1. The molecule has 0 bridgehead atoms. The number of hydrogen-bond acceptors (Lipinski definition) is 7. The van der Waals surface area contributed by atoms with Gasteiger partial charge in [0.2, 0.25) is 0 Å². The minimum atomic E-state index is -0.460. The molecule has 9 heteroatoms. The van der Waals surface area contributed by atoms with Gasteiger partial charge in [-0.15, -0.1) is 35.3 Å². The summed E-state index contributed by atoms with van der Waals surface area (Å²) in [5, 5.41) is 4.49. The number of piperazine rings is 1. The fraction of sp³-hybridized carbons (Fsp3) is 0.706. The number of amides is 1. The number of hydrogen-bond donors (Lipinski definition) is 1. The highest BCUT2D eigenvalue weighted by Crippen LogP contribution is 2.19. The molecule has 1 saturated heterocycles. The van der Waals surface area contributed by atoms with Crippen molar-refractivity contribution in [1.82, 2.24) is 20.1 Å². The number of halogens is 1. The number of nitrogens with one attached hydrogen (secondary N) is 1. The van der Waals surface area contributed by atoms with Crippen molar-refractivity contribution in [2.45, 2.75) is 52.3 Å². The number of rotatable bonds is 3. The van der Waals surface area contributed by atoms with Crippen molar-refractivity contribution < 1.29 is 9.53 Å². The zero-order valence-electron chi connectivity index (χ0n) is 15.8. The average molecular weight is 493 g/mol. The molecule has 1 aromatic heterocycles. The Morgan fingerprint density at radius 2 is 2.19 bits per heavy atom. The maximum absolute atomic E-state index is 12.3. The molecule has 1 N–H and O–H groups in total. The number of guanidine groups is 1. The van der Waals surface area contributed by atoms with Crippen molar-refractivity contribution >= 4 is 47.4 Å². The van der Waals surface area contributed by atoms with E-state index in [1.165, 1.54) is 4.88 Å². The predicted molar refractivity (Wildman–Crippen MR) is 114 cm³/mol. The van der Waals surface area contributed by atoms with Crippen LogP contribution in [0.25, 0.3) is 0 Å². The van der Waals surface area contributed by atoms with Crippen LogP contribution >= 0.6 is 35.3 Å². The molecule has 2 aliphatic heterocycles. The van der Waals surface area contributed by atoms with Gasteiger partial charge in [-0.2, -0.15) is 0 Å². The zero-order chi connectivity index (χ0) is 18.0. The summed E-state index contributed by atoms with van der Waals surface area (Å²) < 4.78 is 5.48. The van der Waals surface area contributed by atoms with Gasteiger partial charge in [-0.25, -0.2) is 9.78 Å². The van der Waals surface area contributed by atoms with Crippen molar-refractivity contribution in [2.75, 3.05) is 26.2 Å². The van der Waals surface area contributed by atoms with E-state index in [0.29, 0.717) is 26.2 Å². The Bertz CT molecular complexity index is 658. The Labute approximate surface area is 176 Å². The molecular formula is C17H28IN5O2S. The minimum absolute atomic E-state index is 0. The molecule has 0 saturated carbocycles. The highest BCUT2D eigenvalue weighted by molar-refractivity contribution is 14.0. The Kier molecular flexibility index (Phi) is 7.12. The van der Waals surface area contributed by atoms with Crippen LogP contribution in [-0.2, 0) is 17.7 Å². The molecule has 1 amide bonds. The standard InChI is InChI=1S/C17H27N5O2S.HI/c1-5-13-9-18-14(25-13)10-20-15-19-8-12-11-21(6-7-22(12)15)16(23)24-17(2,3)4;/h9,12H,5-8,10-11H2,1-4H3,(H,19,20);1H. The van der Waals surface area contributed by atoms with E-state index < -0.39 is 5.60 Å². The fourth-order valence-corrected chi connectivity index (χ4v) is 3.77. The van der Waals surface area contributed by atoms with Gasteiger partial charge in [-0.1, -0.05) is 6.92 Å². The highest BCUT2D eigenvalue weighted by atomic mass is 127. The summed E-state index contributed by atoms with van der Waals surface area (Å²) in [7, 11) is 0. The lowest BCUT2D eigenvalue weighted by Crippen LogP contribution is -2.57. The number of ether oxygens (including phenoxy) is 1. The molecule has 3 heterocycles. The van der Waals surface area contributed by atoms with Crippen molar-refractivity contribution in [3.05, 3.63) is 16.1 Å². The molecule has 0 spiro atoms. The van der Waals surface area contributed by atoms with Gasteiger partial charge in [0.15, 0.2) is 5.96 Å². The second kappa shape index (κ2) is 8.73. The zero-order valence-corrected chi connectivity index (χ0v) is 19.0. The van der Waals surface area contributed by atoms with Crippen LogP contribution in [0.3, 0.4) is 0 Å². The fourth-order valence-electron chi connectivity index (χ4n) is 2.97. The lowest BCUT2D eigenvalue weighted by molar-refractivity contribution is 0.0137. The third kappa shape index (κ3) is 5.21. The first-order valence-electron chi connectivity index (χ1n) is 8.82. The smallest absolute Gasteiger partial charge is 0.410 e. The first-order valence-corrected chi connectivity index (χ1v) is 9.64. The molecule has 0 aromatic carbocycles. The highest BCUT2D eigenvalue weighted by Gasteiger charge is 2.36.